The third kappa shape index (κ3) is 4.68. The summed E-state index contributed by atoms with van der Waals surface area (Å²) in [4.78, 5) is 16.1. The lowest BCUT2D eigenvalue weighted by Gasteiger charge is -2.17. The van der Waals surface area contributed by atoms with E-state index in [1.807, 2.05) is 49.4 Å². The average Bonchev–Trinajstić information content (AvgIpc) is 2.53. The molecular weight excluding hydrogens is 264 g/mol. The van der Waals surface area contributed by atoms with Crippen LogP contribution in [0.1, 0.15) is 24.1 Å². The monoisotopic (exact) mass is 284 g/mol. The summed E-state index contributed by atoms with van der Waals surface area (Å²) in [5.41, 5.74) is 2.11. The van der Waals surface area contributed by atoms with Gasteiger partial charge in [0.25, 0.3) is 0 Å². The molecule has 2 aromatic rings. The molecule has 0 bridgehead atoms. The molecule has 1 aromatic heterocycles. The van der Waals surface area contributed by atoms with E-state index in [2.05, 4.69) is 10.3 Å². The summed E-state index contributed by atoms with van der Waals surface area (Å²) < 4.78 is 5.15. The summed E-state index contributed by atoms with van der Waals surface area (Å²) >= 11 is 0. The summed E-state index contributed by atoms with van der Waals surface area (Å²) in [7, 11) is 0. The van der Waals surface area contributed by atoms with Crippen molar-refractivity contribution in [1.29, 1.82) is 0 Å². The molecule has 0 aliphatic heterocycles. The van der Waals surface area contributed by atoms with E-state index in [9.17, 15) is 4.79 Å². The van der Waals surface area contributed by atoms with Gasteiger partial charge in [0.15, 0.2) is 0 Å². The van der Waals surface area contributed by atoms with E-state index in [1.165, 1.54) is 5.56 Å². The third-order valence-electron chi connectivity index (χ3n) is 3.17. The van der Waals surface area contributed by atoms with Crippen LogP contribution in [0.3, 0.4) is 0 Å². The molecule has 2 rings (SSSR count). The maximum Gasteiger partial charge on any atom is 0.327 e. The molecule has 110 valence electrons. The highest BCUT2D eigenvalue weighted by Crippen LogP contribution is 2.14. The molecule has 4 heteroatoms. The fraction of sp³-hybridized carbons (Fsp3) is 0.294. The van der Waals surface area contributed by atoms with Crippen molar-refractivity contribution in [3.63, 3.8) is 0 Å². The number of hydrogen-bond donors (Lipinski definition) is 1. The molecule has 4 nitrogen and oxygen atoms in total. The van der Waals surface area contributed by atoms with Crippen molar-refractivity contribution >= 4 is 5.97 Å². The van der Waals surface area contributed by atoms with E-state index in [-0.39, 0.29) is 5.97 Å². The predicted molar refractivity (Wildman–Crippen MR) is 81.8 cm³/mol. The second-order valence-corrected chi connectivity index (χ2v) is 4.66. The van der Waals surface area contributed by atoms with Gasteiger partial charge < -0.3 is 10.1 Å². The van der Waals surface area contributed by atoms with Crippen molar-refractivity contribution in [3.8, 4) is 0 Å². The van der Waals surface area contributed by atoms with E-state index in [0.717, 1.165) is 12.0 Å². The first-order valence-electron chi connectivity index (χ1n) is 7.15. The predicted octanol–water partition coefficient (Wildman–Crippen LogP) is 2.52. The first kappa shape index (κ1) is 15.2. The van der Waals surface area contributed by atoms with Crippen molar-refractivity contribution in [1.82, 2.24) is 10.3 Å². The maximum absolute atomic E-state index is 12.1. The Morgan fingerprint density at radius 1 is 1.19 bits per heavy atom. The van der Waals surface area contributed by atoms with Crippen LogP contribution in [0, 0.1) is 0 Å². The van der Waals surface area contributed by atoms with Gasteiger partial charge in [-0.3, -0.25) is 4.98 Å². The molecule has 0 aliphatic carbocycles. The number of esters is 1. The largest absolute Gasteiger partial charge is 0.465 e. The van der Waals surface area contributed by atoms with E-state index in [4.69, 9.17) is 4.74 Å². The standard InChI is InChI=1S/C17H20N2O2/c1-2-21-17(20)16(15-6-4-3-5-7-15)19-13-10-14-8-11-18-12-9-14/h3-9,11-12,16,19H,2,10,13H2,1H3. The maximum atomic E-state index is 12.1. The van der Waals surface area contributed by atoms with Crippen molar-refractivity contribution in [3.05, 3.63) is 66.0 Å². The number of aromatic nitrogens is 1. The summed E-state index contributed by atoms with van der Waals surface area (Å²) in [6.45, 7) is 2.90. The topological polar surface area (TPSA) is 51.2 Å². The van der Waals surface area contributed by atoms with Gasteiger partial charge in [-0.25, -0.2) is 4.79 Å². The first-order chi connectivity index (χ1) is 10.3. The number of benzene rings is 1. The number of nitrogens with zero attached hydrogens (tertiary/aromatic N) is 1. The first-order valence-corrected chi connectivity index (χ1v) is 7.15. The second-order valence-electron chi connectivity index (χ2n) is 4.66. The molecule has 1 heterocycles. The van der Waals surface area contributed by atoms with Gasteiger partial charge in [0.05, 0.1) is 6.61 Å². The van der Waals surface area contributed by atoms with Crippen molar-refractivity contribution < 1.29 is 9.53 Å². The van der Waals surface area contributed by atoms with E-state index < -0.39 is 6.04 Å². The molecule has 0 saturated heterocycles. The molecular formula is C17H20N2O2. The summed E-state index contributed by atoms with van der Waals surface area (Å²) in [5.74, 6) is -0.238. The van der Waals surface area contributed by atoms with Gasteiger partial charge in [-0.15, -0.1) is 0 Å². The molecule has 1 aromatic carbocycles. The van der Waals surface area contributed by atoms with Gasteiger partial charge in [-0.2, -0.15) is 0 Å². The summed E-state index contributed by atoms with van der Waals surface area (Å²) in [6.07, 6.45) is 4.38. The zero-order chi connectivity index (χ0) is 14.9. The van der Waals surface area contributed by atoms with Gasteiger partial charge in [0.1, 0.15) is 6.04 Å². The van der Waals surface area contributed by atoms with Crippen LogP contribution in [-0.2, 0) is 16.0 Å². The number of nitrogens with one attached hydrogen (secondary N) is 1. The number of carbonyl (C=O) groups excluding carboxylic acids is 1. The van der Waals surface area contributed by atoms with Gasteiger partial charge >= 0.3 is 5.97 Å². The van der Waals surface area contributed by atoms with Crippen LogP contribution in [-0.4, -0.2) is 24.1 Å². The van der Waals surface area contributed by atoms with Crippen molar-refractivity contribution in [2.24, 2.45) is 0 Å². The minimum Gasteiger partial charge on any atom is -0.465 e. The smallest absolute Gasteiger partial charge is 0.327 e. The van der Waals surface area contributed by atoms with E-state index in [1.54, 1.807) is 12.4 Å². The molecule has 0 amide bonds. The van der Waals surface area contributed by atoms with Crippen molar-refractivity contribution in [2.75, 3.05) is 13.2 Å². The molecule has 1 N–H and O–H groups in total. The highest BCUT2D eigenvalue weighted by molar-refractivity contribution is 5.77. The molecule has 1 unspecified atom stereocenters. The van der Waals surface area contributed by atoms with Crippen LogP contribution in [0.15, 0.2) is 54.9 Å². The quantitative estimate of drug-likeness (QED) is 0.794. The van der Waals surface area contributed by atoms with Crippen LogP contribution in [0.25, 0.3) is 0 Å². The lowest BCUT2D eigenvalue weighted by atomic mass is 10.1. The van der Waals surface area contributed by atoms with E-state index >= 15 is 0 Å². The van der Waals surface area contributed by atoms with Gasteiger partial charge in [0, 0.05) is 18.9 Å². The highest BCUT2D eigenvalue weighted by Gasteiger charge is 2.20. The lowest BCUT2D eigenvalue weighted by molar-refractivity contribution is -0.145. The number of pyridine rings is 1. The Labute approximate surface area is 125 Å². The van der Waals surface area contributed by atoms with Crippen LogP contribution in [0.2, 0.25) is 0 Å². The Bertz CT molecular complexity index is 543. The molecule has 1 atom stereocenters. The lowest BCUT2D eigenvalue weighted by Crippen LogP contribution is -2.31. The van der Waals surface area contributed by atoms with Crippen LogP contribution in [0.4, 0.5) is 0 Å². The van der Waals surface area contributed by atoms with Gasteiger partial charge in [-0.05, 0) is 36.6 Å². The second kappa shape index (κ2) is 8.17. The summed E-state index contributed by atoms with van der Waals surface area (Å²) in [5, 5.41) is 3.27. The molecule has 0 aliphatic rings. The number of rotatable bonds is 7. The Hall–Kier alpha value is -2.20. The van der Waals surface area contributed by atoms with E-state index in [0.29, 0.717) is 13.2 Å². The fourth-order valence-electron chi connectivity index (χ4n) is 2.12. The Morgan fingerprint density at radius 2 is 1.90 bits per heavy atom. The number of carbonyl (C=O) groups is 1. The molecule has 0 radical (unpaired) electrons. The molecule has 21 heavy (non-hydrogen) atoms. The number of hydrogen-bond acceptors (Lipinski definition) is 4. The van der Waals surface area contributed by atoms with Gasteiger partial charge in [-0.1, -0.05) is 30.3 Å². The normalized spacial score (nSPS) is 11.9. The zero-order valence-corrected chi connectivity index (χ0v) is 12.2. The average molecular weight is 284 g/mol. The van der Waals surface area contributed by atoms with Gasteiger partial charge in [0.2, 0.25) is 0 Å². The van der Waals surface area contributed by atoms with Crippen LogP contribution in [0.5, 0.6) is 0 Å². The Kier molecular flexibility index (Phi) is 5.91. The highest BCUT2D eigenvalue weighted by atomic mass is 16.5. The minimum absolute atomic E-state index is 0.238. The Morgan fingerprint density at radius 3 is 2.57 bits per heavy atom. The summed E-state index contributed by atoms with van der Waals surface area (Å²) in [6, 6.07) is 13.2. The number of ether oxygens (including phenoxy) is 1. The third-order valence-corrected chi connectivity index (χ3v) is 3.17. The Balaban J connectivity index is 1.98. The molecule has 0 saturated carbocycles. The van der Waals surface area contributed by atoms with Crippen LogP contribution >= 0.6 is 0 Å². The SMILES string of the molecule is CCOC(=O)C(NCCc1ccncc1)c1ccccc1. The zero-order valence-electron chi connectivity index (χ0n) is 12.2. The fourth-order valence-corrected chi connectivity index (χ4v) is 2.12. The molecule has 0 fully saturated rings. The van der Waals surface area contributed by atoms with Crippen molar-refractivity contribution in [2.45, 2.75) is 19.4 Å². The van der Waals surface area contributed by atoms with Crippen LogP contribution < -0.4 is 5.32 Å². The molecule has 0 spiro atoms. The minimum atomic E-state index is -0.423.